The van der Waals surface area contributed by atoms with Crippen molar-refractivity contribution in [3.63, 3.8) is 0 Å². The SMILES string of the molecule is CN=C(NCCOc1ccc(C)cc1)NCc1ccc(NC(=O)C(C)C)cc1. The van der Waals surface area contributed by atoms with Gasteiger partial charge >= 0.3 is 0 Å². The summed E-state index contributed by atoms with van der Waals surface area (Å²) in [5.74, 6) is 1.55. The fraction of sp³-hybridized carbons (Fsp3) is 0.364. The third-order valence-corrected chi connectivity index (χ3v) is 4.11. The molecule has 150 valence electrons. The van der Waals surface area contributed by atoms with Crippen molar-refractivity contribution in [2.24, 2.45) is 10.9 Å². The van der Waals surface area contributed by atoms with Crippen LogP contribution in [0, 0.1) is 12.8 Å². The lowest BCUT2D eigenvalue weighted by atomic mass is 10.1. The summed E-state index contributed by atoms with van der Waals surface area (Å²) in [4.78, 5) is 15.9. The molecular formula is C22H30N4O2. The van der Waals surface area contributed by atoms with Gasteiger partial charge in [-0.15, -0.1) is 0 Å². The van der Waals surface area contributed by atoms with Crippen molar-refractivity contribution in [3.8, 4) is 5.75 Å². The zero-order valence-electron chi connectivity index (χ0n) is 17.1. The molecule has 0 aliphatic heterocycles. The smallest absolute Gasteiger partial charge is 0.226 e. The number of benzene rings is 2. The van der Waals surface area contributed by atoms with Gasteiger partial charge in [0, 0.05) is 25.2 Å². The van der Waals surface area contributed by atoms with Crippen LogP contribution in [0.3, 0.4) is 0 Å². The van der Waals surface area contributed by atoms with Crippen molar-refractivity contribution in [1.29, 1.82) is 0 Å². The molecule has 2 aromatic carbocycles. The molecule has 0 fully saturated rings. The van der Waals surface area contributed by atoms with Gasteiger partial charge in [0.05, 0.1) is 6.54 Å². The molecule has 2 aromatic rings. The summed E-state index contributed by atoms with van der Waals surface area (Å²) in [5, 5.41) is 9.38. The van der Waals surface area contributed by atoms with Crippen molar-refractivity contribution in [1.82, 2.24) is 10.6 Å². The third kappa shape index (κ3) is 7.31. The standard InChI is InChI=1S/C22H30N4O2/c1-16(2)21(27)26-19-9-7-18(8-10-19)15-25-22(23-4)24-13-14-28-20-11-5-17(3)6-12-20/h5-12,16H,13-15H2,1-4H3,(H,26,27)(H2,23,24,25). The van der Waals surface area contributed by atoms with E-state index in [1.165, 1.54) is 5.56 Å². The maximum absolute atomic E-state index is 11.7. The lowest BCUT2D eigenvalue weighted by Crippen LogP contribution is -2.38. The molecule has 0 saturated carbocycles. The maximum Gasteiger partial charge on any atom is 0.226 e. The van der Waals surface area contributed by atoms with Crippen LogP contribution in [0.4, 0.5) is 5.69 Å². The molecule has 0 aromatic heterocycles. The number of ether oxygens (including phenoxy) is 1. The molecule has 0 atom stereocenters. The number of carbonyl (C=O) groups excluding carboxylic acids is 1. The first-order chi connectivity index (χ1) is 13.5. The number of hydrogen-bond acceptors (Lipinski definition) is 3. The third-order valence-electron chi connectivity index (χ3n) is 4.11. The Balaban J connectivity index is 1.71. The molecule has 0 unspecified atom stereocenters. The second kappa shape index (κ2) is 11.0. The number of rotatable bonds is 8. The lowest BCUT2D eigenvalue weighted by molar-refractivity contribution is -0.118. The lowest BCUT2D eigenvalue weighted by Gasteiger charge is -2.13. The van der Waals surface area contributed by atoms with Crippen molar-refractivity contribution >= 4 is 17.6 Å². The van der Waals surface area contributed by atoms with Gasteiger partial charge in [-0.2, -0.15) is 0 Å². The second-order valence-corrected chi connectivity index (χ2v) is 6.85. The van der Waals surface area contributed by atoms with Crippen LogP contribution in [-0.4, -0.2) is 32.1 Å². The highest BCUT2D eigenvalue weighted by Gasteiger charge is 2.06. The Morgan fingerprint density at radius 2 is 1.71 bits per heavy atom. The molecule has 0 spiro atoms. The van der Waals surface area contributed by atoms with Crippen LogP contribution in [-0.2, 0) is 11.3 Å². The first-order valence-corrected chi connectivity index (χ1v) is 9.51. The predicted octanol–water partition coefficient (Wildman–Crippen LogP) is 3.33. The number of carbonyl (C=O) groups is 1. The summed E-state index contributed by atoms with van der Waals surface area (Å²) in [6.07, 6.45) is 0. The summed E-state index contributed by atoms with van der Waals surface area (Å²) in [6, 6.07) is 15.8. The molecule has 6 heteroatoms. The van der Waals surface area contributed by atoms with Gasteiger partial charge in [-0.25, -0.2) is 0 Å². The van der Waals surface area contributed by atoms with Crippen LogP contribution >= 0.6 is 0 Å². The van der Waals surface area contributed by atoms with Gasteiger partial charge in [0.25, 0.3) is 0 Å². The molecule has 28 heavy (non-hydrogen) atoms. The first kappa shape index (κ1) is 21.3. The molecule has 1 amide bonds. The summed E-state index contributed by atoms with van der Waals surface area (Å²) < 4.78 is 5.70. The molecular weight excluding hydrogens is 352 g/mol. The van der Waals surface area contributed by atoms with Crippen LogP contribution in [0.25, 0.3) is 0 Å². The largest absolute Gasteiger partial charge is 0.492 e. The molecule has 0 aliphatic carbocycles. The fourth-order valence-corrected chi connectivity index (χ4v) is 2.37. The first-order valence-electron chi connectivity index (χ1n) is 9.51. The number of aryl methyl sites for hydroxylation is 1. The van der Waals surface area contributed by atoms with Gasteiger partial charge in [0.2, 0.25) is 5.91 Å². The topological polar surface area (TPSA) is 74.8 Å². The van der Waals surface area contributed by atoms with E-state index in [0.29, 0.717) is 25.7 Å². The van der Waals surface area contributed by atoms with Gasteiger partial charge in [-0.3, -0.25) is 9.79 Å². The van der Waals surface area contributed by atoms with E-state index in [-0.39, 0.29) is 11.8 Å². The van der Waals surface area contributed by atoms with Gasteiger partial charge < -0.3 is 20.7 Å². The normalized spacial score (nSPS) is 11.2. The number of amides is 1. The highest BCUT2D eigenvalue weighted by Crippen LogP contribution is 2.11. The van der Waals surface area contributed by atoms with E-state index in [4.69, 9.17) is 4.74 Å². The van der Waals surface area contributed by atoms with Crippen LogP contribution in [0.5, 0.6) is 5.75 Å². The van der Waals surface area contributed by atoms with Crippen molar-refractivity contribution in [3.05, 3.63) is 59.7 Å². The molecule has 0 radical (unpaired) electrons. The van der Waals surface area contributed by atoms with Crippen molar-refractivity contribution in [2.75, 3.05) is 25.5 Å². The Kier molecular flexibility index (Phi) is 8.34. The Hall–Kier alpha value is -3.02. The summed E-state index contributed by atoms with van der Waals surface area (Å²) in [5.41, 5.74) is 3.12. The molecule has 0 saturated heterocycles. The number of aliphatic imine (C=N–C) groups is 1. The zero-order valence-corrected chi connectivity index (χ0v) is 17.1. The van der Waals surface area contributed by atoms with Gasteiger partial charge in [-0.1, -0.05) is 43.7 Å². The number of anilines is 1. The van der Waals surface area contributed by atoms with Crippen LogP contribution in [0.15, 0.2) is 53.5 Å². The number of hydrogen-bond donors (Lipinski definition) is 3. The highest BCUT2D eigenvalue weighted by atomic mass is 16.5. The monoisotopic (exact) mass is 382 g/mol. The van der Waals surface area contributed by atoms with Crippen LogP contribution in [0.2, 0.25) is 0 Å². The molecule has 6 nitrogen and oxygen atoms in total. The summed E-state index contributed by atoms with van der Waals surface area (Å²) >= 11 is 0. The molecule has 0 bridgehead atoms. The van der Waals surface area contributed by atoms with Gasteiger partial charge in [-0.05, 0) is 36.8 Å². The average molecular weight is 383 g/mol. The van der Waals surface area contributed by atoms with E-state index in [9.17, 15) is 4.79 Å². The highest BCUT2D eigenvalue weighted by molar-refractivity contribution is 5.92. The number of nitrogens with zero attached hydrogens (tertiary/aromatic N) is 1. The average Bonchev–Trinajstić information content (AvgIpc) is 2.69. The Bertz CT molecular complexity index is 768. The number of guanidine groups is 1. The molecule has 0 heterocycles. The minimum atomic E-state index is -0.0364. The van der Waals surface area contributed by atoms with E-state index in [1.807, 2.05) is 62.4 Å². The molecule has 2 rings (SSSR count). The quantitative estimate of drug-likeness (QED) is 0.372. The van der Waals surface area contributed by atoms with E-state index < -0.39 is 0 Å². The summed E-state index contributed by atoms with van der Waals surface area (Å²) in [6.45, 7) is 7.63. The van der Waals surface area contributed by atoms with Crippen LogP contribution < -0.4 is 20.7 Å². The zero-order chi connectivity index (χ0) is 20.4. The van der Waals surface area contributed by atoms with E-state index in [0.717, 1.165) is 17.0 Å². The second-order valence-electron chi connectivity index (χ2n) is 6.85. The Morgan fingerprint density at radius 1 is 1.04 bits per heavy atom. The minimum absolute atomic E-state index is 0.0170. The van der Waals surface area contributed by atoms with Crippen molar-refractivity contribution in [2.45, 2.75) is 27.3 Å². The Labute approximate surface area is 167 Å². The predicted molar refractivity (Wildman–Crippen MR) is 115 cm³/mol. The van der Waals surface area contributed by atoms with E-state index in [2.05, 4.69) is 27.9 Å². The Morgan fingerprint density at radius 3 is 2.32 bits per heavy atom. The van der Waals surface area contributed by atoms with E-state index >= 15 is 0 Å². The minimum Gasteiger partial charge on any atom is -0.492 e. The maximum atomic E-state index is 11.7. The van der Waals surface area contributed by atoms with Gasteiger partial charge in [0.15, 0.2) is 5.96 Å². The van der Waals surface area contributed by atoms with Gasteiger partial charge in [0.1, 0.15) is 12.4 Å². The van der Waals surface area contributed by atoms with Crippen molar-refractivity contribution < 1.29 is 9.53 Å². The number of nitrogens with one attached hydrogen (secondary N) is 3. The summed E-state index contributed by atoms with van der Waals surface area (Å²) in [7, 11) is 1.74. The van der Waals surface area contributed by atoms with E-state index in [1.54, 1.807) is 7.05 Å². The molecule has 0 aliphatic rings. The fourth-order valence-electron chi connectivity index (χ4n) is 2.37. The molecule has 3 N–H and O–H groups in total. The van der Waals surface area contributed by atoms with Crippen LogP contribution in [0.1, 0.15) is 25.0 Å².